The minimum Gasteiger partial charge on any atom is -0.493 e. The van der Waals surface area contributed by atoms with Crippen LogP contribution in [-0.2, 0) is 0 Å². The van der Waals surface area contributed by atoms with Crippen LogP contribution in [0.5, 0.6) is 17.2 Å². The summed E-state index contributed by atoms with van der Waals surface area (Å²) in [6.07, 6.45) is 0. The van der Waals surface area contributed by atoms with E-state index in [4.69, 9.17) is 18.6 Å². The average Bonchev–Trinajstić information content (AvgIpc) is 3.53. The summed E-state index contributed by atoms with van der Waals surface area (Å²) in [5.74, 6) is -0.274. The predicted molar refractivity (Wildman–Crippen MR) is 121 cm³/mol. The molecular formula is C22H19N5O8. The summed E-state index contributed by atoms with van der Waals surface area (Å²) in [5, 5.41) is 10.8. The van der Waals surface area contributed by atoms with E-state index in [1.54, 1.807) is 6.07 Å². The first kappa shape index (κ1) is 23.1. The molecule has 35 heavy (non-hydrogen) atoms. The molecule has 13 heteroatoms. The van der Waals surface area contributed by atoms with Gasteiger partial charge in [-0.15, -0.1) is 0 Å². The highest BCUT2D eigenvalue weighted by Crippen LogP contribution is 2.38. The fraction of sp³-hybridized carbons (Fsp3) is 0.136. The van der Waals surface area contributed by atoms with Gasteiger partial charge in [0.15, 0.2) is 23.1 Å². The summed E-state index contributed by atoms with van der Waals surface area (Å²) in [5.41, 5.74) is 6.07. The summed E-state index contributed by atoms with van der Waals surface area (Å²) in [6.45, 7) is 0. The van der Waals surface area contributed by atoms with Crippen LogP contribution in [-0.4, -0.2) is 48.0 Å². The van der Waals surface area contributed by atoms with Gasteiger partial charge in [0.05, 0.1) is 38.4 Å². The highest BCUT2D eigenvalue weighted by molar-refractivity contribution is 6.01. The van der Waals surface area contributed by atoms with Gasteiger partial charge in [0.2, 0.25) is 5.75 Å². The molecule has 0 radical (unpaired) electrons. The van der Waals surface area contributed by atoms with Crippen molar-refractivity contribution >= 4 is 28.7 Å². The zero-order valence-electron chi connectivity index (χ0n) is 18.7. The number of methoxy groups -OCH3 is 3. The molecule has 4 rings (SSSR count). The maximum absolute atomic E-state index is 12.6. The third-order valence-corrected chi connectivity index (χ3v) is 4.97. The molecule has 0 spiro atoms. The number of carbonyl (C=O) groups is 2. The maximum Gasteiger partial charge on any atom is 0.433 e. The summed E-state index contributed by atoms with van der Waals surface area (Å²) in [7, 11) is 4.29. The number of imidazole rings is 1. The van der Waals surface area contributed by atoms with Crippen molar-refractivity contribution in [1.29, 1.82) is 0 Å². The molecule has 3 N–H and O–H groups in total. The Morgan fingerprint density at radius 1 is 0.943 bits per heavy atom. The topological polar surface area (TPSA) is 171 Å². The second-order valence-corrected chi connectivity index (χ2v) is 7.03. The first-order chi connectivity index (χ1) is 16.8. The van der Waals surface area contributed by atoms with Gasteiger partial charge in [-0.05, 0) is 36.4 Å². The summed E-state index contributed by atoms with van der Waals surface area (Å²) in [4.78, 5) is 42.6. The van der Waals surface area contributed by atoms with Crippen molar-refractivity contribution in [3.63, 3.8) is 0 Å². The lowest BCUT2D eigenvalue weighted by atomic mass is 10.1. The zero-order valence-corrected chi connectivity index (χ0v) is 18.7. The van der Waals surface area contributed by atoms with Gasteiger partial charge in [0.1, 0.15) is 4.92 Å². The number of nitrogens with one attached hydrogen (secondary N) is 3. The molecule has 0 aliphatic rings. The van der Waals surface area contributed by atoms with Gasteiger partial charge < -0.3 is 23.6 Å². The van der Waals surface area contributed by atoms with Gasteiger partial charge in [-0.25, -0.2) is 4.98 Å². The second kappa shape index (κ2) is 9.43. The van der Waals surface area contributed by atoms with E-state index in [-0.39, 0.29) is 34.2 Å². The van der Waals surface area contributed by atoms with E-state index >= 15 is 0 Å². The molecule has 0 fully saturated rings. The predicted octanol–water partition coefficient (Wildman–Crippen LogP) is 2.83. The standard InChI is InChI=1S/C22H19N5O8/c1-32-16-9-12(10-17(33-2)19(16)34-3)22(29)26-25-21(28)11-4-5-13-14(8-11)24-20(23-13)15-6-7-18(35-15)27(30)31/h4-10H,1-3H3,(H,23,24)(H,25,28)(H,26,29). The van der Waals surface area contributed by atoms with Crippen molar-refractivity contribution in [2.24, 2.45) is 0 Å². The largest absolute Gasteiger partial charge is 0.493 e. The van der Waals surface area contributed by atoms with Crippen molar-refractivity contribution in [3.8, 4) is 28.8 Å². The maximum atomic E-state index is 12.6. The van der Waals surface area contributed by atoms with E-state index in [0.717, 1.165) is 0 Å². The lowest BCUT2D eigenvalue weighted by Crippen LogP contribution is -2.41. The number of ether oxygens (including phenoxy) is 3. The number of nitrogens with zero attached hydrogens (tertiary/aromatic N) is 2. The van der Waals surface area contributed by atoms with Gasteiger partial charge in [-0.3, -0.25) is 30.6 Å². The van der Waals surface area contributed by atoms with Gasteiger partial charge in [-0.2, -0.15) is 0 Å². The number of fused-ring (bicyclic) bond motifs is 1. The lowest BCUT2D eigenvalue weighted by Gasteiger charge is -2.14. The average molecular weight is 481 g/mol. The third-order valence-electron chi connectivity index (χ3n) is 4.97. The number of hydrazine groups is 1. The third kappa shape index (κ3) is 4.55. The number of hydrogen-bond donors (Lipinski definition) is 3. The van der Waals surface area contributed by atoms with Crippen LogP contribution >= 0.6 is 0 Å². The number of benzene rings is 2. The number of H-pyrrole nitrogens is 1. The first-order valence-corrected chi connectivity index (χ1v) is 9.99. The van der Waals surface area contributed by atoms with Crippen LogP contribution < -0.4 is 25.1 Å². The van der Waals surface area contributed by atoms with Crippen LogP contribution in [0, 0.1) is 10.1 Å². The number of hydrogen-bond acceptors (Lipinski definition) is 9. The molecule has 0 atom stereocenters. The van der Waals surface area contributed by atoms with Crippen molar-refractivity contribution in [3.05, 3.63) is 63.7 Å². The summed E-state index contributed by atoms with van der Waals surface area (Å²) in [6, 6.07) is 10.1. The smallest absolute Gasteiger partial charge is 0.433 e. The Bertz CT molecular complexity index is 1420. The molecule has 0 saturated heterocycles. The zero-order chi connectivity index (χ0) is 25.1. The van der Waals surface area contributed by atoms with Crippen molar-refractivity contribution < 1.29 is 33.1 Å². The van der Waals surface area contributed by atoms with E-state index in [9.17, 15) is 19.7 Å². The molecule has 2 amide bonds. The molecule has 2 aromatic carbocycles. The Labute approximate surface area is 197 Å². The Balaban J connectivity index is 1.49. The molecule has 180 valence electrons. The molecule has 13 nitrogen and oxygen atoms in total. The van der Waals surface area contributed by atoms with Crippen molar-refractivity contribution in [2.45, 2.75) is 0 Å². The molecule has 2 heterocycles. The molecule has 2 aromatic heterocycles. The van der Waals surface area contributed by atoms with Crippen LogP contribution in [0.1, 0.15) is 20.7 Å². The molecule has 0 saturated carbocycles. The summed E-state index contributed by atoms with van der Waals surface area (Å²) >= 11 is 0. The lowest BCUT2D eigenvalue weighted by molar-refractivity contribution is -0.401. The van der Waals surface area contributed by atoms with Crippen LogP contribution in [0.3, 0.4) is 0 Å². The highest BCUT2D eigenvalue weighted by Gasteiger charge is 2.19. The molecular weight excluding hydrogens is 462 g/mol. The summed E-state index contributed by atoms with van der Waals surface area (Å²) < 4.78 is 20.8. The van der Waals surface area contributed by atoms with Gasteiger partial charge in [0, 0.05) is 11.1 Å². The Morgan fingerprint density at radius 3 is 2.17 bits per heavy atom. The van der Waals surface area contributed by atoms with Crippen molar-refractivity contribution in [2.75, 3.05) is 21.3 Å². The Hall–Kier alpha value is -5.07. The highest BCUT2D eigenvalue weighted by atomic mass is 16.6. The van der Waals surface area contributed by atoms with Crippen molar-refractivity contribution in [1.82, 2.24) is 20.8 Å². The van der Waals surface area contributed by atoms with E-state index < -0.39 is 22.6 Å². The Morgan fingerprint density at radius 2 is 1.60 bits per heavy atom. The molecule has 0 bridgehead atoms. The normalized spacial score (nSPS) is 10.6. The molecule has 0 aliphatic carbocycles. The number of aromatic amines is 1. The van der Waals surface area contributed by atoms with Gasteiger partial charge >= 0.3 is 5.88 Å². The SMILES string of the molecule is COc1cc(C(=O)NNC(=O)c2ccc3nc(-c4ccc([N+](=O)[O-])o4)[nH]c3c2)cc(OC)c1OC. The van der Waals surface area contributed by atoms with E-state index in [1.165, 1.54) is 57.7 Å². The molecule has 0 aliphatic heterocycles. The minimum absolute atomic E-state index is 0.168. The minimum atomic E-state index is -0.652. The monoisotopic (exact) mass is 481 g/mol. The van der Waals surface area contributed by atoms with Gasteiger partial charge in [-0.1, -0.05) is 0 Å². The van der Waals surface area contributed by atoms with Crippen LogP contribution in [0.25, 0.3) is 22.6 Å². The molecule has 4 aromatic rings. The number of aromatic nitrogens is 2. The molecule has 0 unspecified atom stereocenters. The first-order valence-electron chi connectivity index (χ1n) is 9.99. The number of amides is 2. The fourth-order valence-electron chi connectivity index (χ4n) is 3.29. The van der Waals surface area contributed by atoms with E-state index in [1.807, 2.05) is 0 Å². The van der Waals surface area contributed by atoms with Crippen LogP contribution in [0.15, 0.2) is 46.9 Å². The number of furan rings is 1. The quantitative estimate of drug-likeness (QED) is 0.265. The van der Waals surface area contributed by atoms with E-state index in [0.29, 0.717) is 16.8 Å². The van der Waals surface area contributed by atoms with Crippen LogP contribution in [0.4, 0.5) is 5.88 Å². The van der Waals surface area contributed by atoms with Gasteiger partial charge in [0.25, 0.3) is 11.8 Å². The number of carbonyl (C=O) groups excluding carboxylic acids is 2. The number of rotatable bonds is 7. The Kier molecular flexibility index (Phi) is 6.22. The number of nitro groups is 1. The van der Waals surface area contributed by atoms with Crippen LogP contribution in [0.2, 0.25) is 0 Å². The fourth-order valence-corrected chi connectivity index (χ4v) is 3.29. The second-order valence-electron chi connectivity index (χ2n) is 7.03. The van der Waals surface area contributed by atoms with E-state index in [2.05, 4.69) is 20.8 Å².